The van der Waals surface area contributed by atoms with E-state index in [-0.39, 0.29) is 48.6 Å². The first-order valence-electron chi connectivity index (χ1n) is 36.8. The van der Waals surface area contributed by atoms with Gasteiger partial charge in [-0.3, -0.25) is 14.4 Å². The molecule has 114 heavy (non-hydrogen) atoms. The summed E-state index contributed by atoms with van der Waals surface area (Å²) in [7, 11) is -15.0. The van der Waals surface area contributed by atoms with Crippen LogP contribution >= 0.6 is 0 Å². The molecule has 1 unspecified atom stereocenters. The number of hydrogen-bond donors (Lipinski definition) is 3. The maximum Gasteiger partial charge on any atom is 0.268 e. The Labute approximate surface area is 662 Å². The molecule has 0 saturated carbocycles. The highest BCUT2D eigenvalue weighted by Gasteiger charge is 2.44. The fraction of sp³-hybridized carbons (Fsp3) is 0.141. The van der Waals surface area contributed by atoms with E-state index >= 15 is 0 Å². The van der Waals surface area contributed by atoms with Gasteiger partial charge in [0.15, 0.2) is 11.6 Å². The average molecular weight is 1590 g/mol. The van der Waals surface area contributed by atoms with Crippen LogP contribution in [-0.2, 0) is 50.9 Å². The molecule has 0 bridgehead atoms. The van der Waals surface area contributed by atoms with Crippen molar-refractivity contribution in [2.45, 2.75) is 105 Å². The predicted molar refractivity (Wildman–Crippen MR) is 453 cm³/mol. The van der Waals surface area contributed by atoms with Gasteiger partial charge in [-0.05, 0) is 170 Å². The van der Waals surface area contributed by atoms with Crippen molar-refractivity contribution >= 4 is 123 Å². The highest BCUT2D eigenvalue weighted by atomic mass is 32.2. The molecule has 16 aromatic rings. The van der Waals surface area contributed by atoms with Crippen LogP contribution in [0.2, 0.25) is 0 Å². The number of carbonyl (C=O) groups excluding carboxylic acids is 3. The fourth-order valence-corrected chi connectivity index (χ4v) is 20.6. The number of aromatic amines is 2. The lowest BCUT2D eigenvalue weighted by Crippen LogP contribution is -2.17. The van der Waals surface area contributed by atoms with Crippen LogP contribution in [0.3, 0.4) is 0 Å². The molecule has 22 heteroatoms. The van der Waals surface area contributed by atoms with Crippen molar-refractivity contribution in [3.8, 4) is 0 Å². The van der Waals surface area contributed by atoms with Gasteiger partial charge in [0.05, 0.1) is 53.0 Å². The molecule has 18 rings (SSSR count). The molecular formula is C92H84N6O12S4. The molecule has 6 aromatic heterocycles. The van der Waals surface area contributed by atoms with Crippen molar-refractivity contribution in [3.63, 3.8) is 0 Å². The van der Waals surface area contributed by atoms with Crippen LogP contribution in [0.4, 0.5) is 0 Å². The summed E-state index contributed by atoms with van der Waals surface area (Å²) >= 11 is 0. The van der Waals surface area contributed by atoms with Crippen molar-refractivity contribution < 1.29 is 53.2 Å². The van der Waals surface area contributed by atoms with E-state index in [0.717, 1.165) is 48.1 Å². The number of aliphatic hydroxyl groups is 1. The summed E-state index contributed by atoms with van der Waals surface area (Å²) in [6.45, 7) is 15.6. The third-order valence-electron chi connectivity index (χ3n) is 19.6. The average Bonchev–Trinajstić information content (AvgIpc) is 1.54. The van der Waals surface area contributed by atoms with Gasteiger partial charge in [-0.15, -0.1) is 0 Å². The van der Waals surface area contributed by atoms with Crippen molar-refractivity contribution in [3.05, 3.63) is 361 Å². The van der Waals surface area contributed by atoms with E-state index in [4.69, 9.17) is 0 Å². The number of para-hydroxylation sites is 6. The van der Waals surface area contributed by atoms with E-state index in [1.165, 1.54) is 52.0 Å². The molecule has 10 aromatic carbocycles. The number of nitrogens with zero attached hydrogens (tertiary/aromatic N) is 4. The zero-order valence-corrected chi connectivity index (χ0v) is 67.1. The van der Waals surface area contributed by atoms with Crippen molar-refractivity contribution in [2.24, 2.45) is 0 Å². The number of fused-ring (bicyclic) bond motifs is 10. The van der Waals surface area contributed by atoms with E-state index in [0.29, 0.717) is 56.6 Å². The Morgan fingerprint density at radius 2 is 0.833 bits per heavy atom. The first-order valence-corrected chi connectivity index (χ1v) is 42.5. The van der Waals surface area contributed by atoms with Crippen LogP contribution < -0.4 is 0 Å². The number of hydrogen-bond acceptors (Lipinski definition) is 12. The van der Waals surface area contributed by atoms with Gasteiger partial charge in [0.2, 0.25) is 5.78 Å². The molecule has 2 aliphatic rings. The highest BCUT2D eigenvalue weighted by molar-refractivity contribution is 7.91. The van der Waals surface area contributed by atoms with Crippen LogP contribution in [0.15, 0.2) is 346 Å². The van der Waals surface area contributed by atoms with Gasteiger partial charge in [-0.2, -0.15) is 0 Å². The number of benzene rings is 10. The van der Waals surface area contributed by atoms with Crippen molar-refractivity contribution in [1.82, 2.24) is 25.9 Å². The third-order valence-corrected chi connectivity index (χ3v) is 26.6. The molecule has 578 valence electrons. The lowest BCUT2D eigenvalue weighted by Gasteiger charge is -2.16. The van der Waals surface area contributed by atoms with Crippen LogP contribution in [-0.4, -0.2) is 82.0 Å². The van der Waals surface area contributed by atoms with Crippen LogP contribution in [0.1, 0.15) is 123 Å². The molecular weight excluding hydrogens is 1510 g/mol. The third kappa shape index (κ3) is 16.0. The maximum atomic E-state index is 13.2. The Kier molecular flexibility index (Phi) is 22.7. The monoisotopic (exact) mass is 1590 g/mol. The van der Waals surface area contributed by atoms with Gasteiger partial charge in [0.1, 0.15) is 17.5 Å². The Morgan fingerprint density at radius 3 is 1.38 bits per heavy atom. The molecule has 0 spiro atoms. The quantitative estimate of drug-likeness (QED) is 0.0586. The Hall–Kier alpha value is -12.3. The van der Waals surface area contributed by atoms with E-state index in [9.17, 15) is 53.2 Å². The first kappa shape index (κ1) is 79.8. The largest absolute Gasteiger partial charge is 0.383 e. The summed E-state index contributed by atoms with van der Waals surface area (Å²) in [6.07, 6.45) is 6.58. The molecule has 0 radical (unpaired) electrons. The number of aliphatic hydroxyl groups excluding tert-OH is 1. The van der Waals surface area contributed by atoms with E-state index < -0.39 is 46.2 Å². The van der Waals surface area contributed by atoms with Crippen LogP contribution in [0.5, 0.6) is 0 Å². The van der Waals surface area contributed by atoms with Crippen molar-refractivity contribution in [2.75, 3.05) is 0 Å². The van der Waals surface area contributed by atoms with Gasteiger partial charge in [0.25, 0.3) is 40.1 Å². The van der Waals surface area contributed by atoms with Gasteiger partial charge in [-0.25, -0.2) is 49.6 Å². The van der Waals surface area contributed by atoms with Crippen LogP contribution in [0, 0.1) is 0 Å². The van der Waals surface area contributed by atoms with Crippen LogP contribution in [0.25, 0.3) is 65.4 Å². The molecule has 1 atom stereocenters. The minimum atomic E-state index is -3.87. The van der Waals surface area contributed by atoms with E-state index in [2.05, 4.69) is 48.1 Å². The number of ketones is 3. The number of rotatable bonds is 12. The van der Waals surface area contributed by atoms with Gasteiger partial charge < -0.3 is 15.1 Å². The first-order chi connectivity index (χ1) is 54.4. The van der Waals surface area contributed by atoms with Gasteiger partial charge in [-0.1, -0.05) is 227 Å². The lowest BCUT2D eigenvalue weighted by molar-refractivity contribution is 0.0966. The summed E-state index contributed by atoms with van der Waals surface area (Å²) in [6, 6.07) is 85.7. The Bertz CT molecular complexity index is 6830. The molecule has 0 amide bonds. The summed E-state index contributed by atoms with van der Waals surface area (Å²) in [5, 5.41) is 16.2. The smallest absolute Gasteiger partial charge is 0.268 e. The van der Waals surface area contributed by atoms with E-state index in [1.807, 2.05) is 113 Å². The summed E-state index contributed by atoms with van der Waals surface area (Å²) in [5.41, 5.74) is 9.55. The molecule has 0 fully saturated rings. The Morgan fingerprint density at radius 1 is 0.412 bits per heavy atom. The normalized spacial score (nSPS) is 13.7. The second-order valence-corrected chi connectivity index (χ2v) is 36.6. The number of carbonyl (C=O) groups is 3. The summed E-state index contributed by atoms with van der Waals surface area (Å²) < 4.78 is 109. The lowest BCUT2D eigenvalue weighted by atomic mass is 9.86. The minimum absolute atomic E-state index is 0.0218. The topological polar surface area (TPSA) is 259 Å². The van der Waals surface area contributed by atoms with E-state index in [1.54, 1.807) is 202 Å². The minimum Gasteiger partial charge on any atom is -0.383 e. The number of aromatic nitrogens is 6. The molecule has 6 heterocycles. The molecule has 3 N–H and O–H groups in total. The SMILES string of the molecule is CC(C)=CC(=O)c1cc2ccccc2n1S(=O)(=O)c1ccccc1.CC(C)=CC(O)c1cc2ccccc2n1S(=O)(=O)c1ccccc1.CC1(C)CC(=O)c2[nH]c3ccccc3c21.CC1(C)CC(=O)c2c1c1ccccc1n2S(=O)(=O)c1ccccc1.O=S(=O)(c1ccccc1)n1ccc2ccccc21.c1ccc2[nH]ccc2c1. The number of H-pyrrole nitrogens is 2. The second-order valence-electron chi connectivity index (χ2n) is 29.4. The molecule has 0 aliphatic heterocycles. The van der Waals surface area contributed by atoms with Gasteiger partial charge in [0, 0.05) is 63.2 Å². The number of allylic oxidation sites excluding steroid dienone is 3. The Balaban J connectivity index is 0.000000122. The van der Waals surface area contributed by atoms with Gasteiger partial charge >= 0.3 is 0 Å². The molecule has 18 nitrogen and oxygen atoms in total. The predicted octanol–water partition coefficient (Wildman–Crippen LogP) is 19.7. The zero-order valence-electron chi connectivity index (χ0n) is 63.9. The zero-order chi connectivity index (χ0) is 81.1. The second kappa shape index (κ2) is 32.4. The van der Waals surface area contributed by atoms with Crippen molar-refractivity contribution in [1.29, 1.82) is 0 Å². The highest BCUT2D eigenvalue weighted by Crippen LogP contribution is 2.46. The summed E-state index contributed by atoms with van der Waals surface area (Å²) in [5.74, 6) is -0.206. The standard InChI is InChI=1S/C19H17NO3S.C19H19NO3S.C19H17NO3S.C14H11NO2S.C13H13NO.C8H7N/c1-19(2)12-16(21)18-17(19)14-10-6-7-11-15(14)20(18)24(22,23)13-8-4-3-5-9-13;2*1-14(2)12-19(21)18-13-15-8-6-7-11-17(15)20(18)24(22,23)16-9-4-3-5-10-16;16-18(17,13-7-2-1-3-8-13)15-11-10-12-6-4-5-9-14(12)15;1-13(2)7-10(15)12-11(13)8-5-3-4-6-9(8)14-12;1-2-4-8-7(3-1)5-6-9-8/h3-11H,12H2,1-2H3;3-13,19,21H,1-2H3;3-13H,1-2H3;1-11H;3-6,14H,7H2,1-2H3;1-6,9H. The summed E-state index contributed by atoms with van der Waals surface area (Å²) in [4.78, 5) is 44.2. The maximum absolute atomic E-state index is 13.2. The number of nitrogens with one attached hydrogen (secondary N) is 2. The molecule has 2 aliphatic carbocycles. The fourth-order valence-electron chi connectivity index (χ4n) is 14.6. The molecule has 0 saturated heterocycles. The number of Topliss-reactive ketones (excluding diaryl/α,β-unsaturated/α-hetero) is 2.